The molecule has 64 valence electrons. The standard InChI is InChI=1S/C7H13NO3/c1-10-6-3-8-5(4-9)7(6)11-2/h4-8H,3H2,1-2H3/t5-,6+,7-/m0/s1. The highest BCUT2D eigenvalue weighted by Gasteiger charge is 2.35. The average molecular weight is 159 g/mol. The van der Waals surface area contributed by atoms with Gasteiger partial charge in [-0.1, -0.05) is 0 Å². The number of carbonyl (C=O) groups is 1. The minimum atomic E-state index is -0.218. The van der Waals surface area contributed by atoms with Crippen LogP contribution in [0, 0.1) is 0 Å². The van der Waals surface area contributed by atoms with Crippen molar-refractivity contribution < 1.29 is 14.3 Å². The van der Waals surface area contributed by atoms with E-state index >= 15 is 0 Å². The molecule has 4 heteroatoms. The van der Waals surface area contributed by atoms with Gasteiger partial charge in [-0.05, 0) is 0 Å². The lowest BCUT2D eigenvalue weighted by atomic mass is 10.1. The van der Waals surface area contributed by atoms with Gasteiger partial charge in [0, 0.05) is 20.8 Å². The maximum Gasteiger partial charge on any atom is 0.139 e. The highest BCUT2D eigenvalue weighted by atomic mass is 16.5. The molecule has 0 saturated carbocycles. The van der Waals surface area contributed by atoms with Crippen molar-refractivity contribution in [3.05, 3.63) is 0 Å². The second kappa shape index (κ2) is 3.80. The summed E-state index contributed by atoms with van der Waals surface area (Å²) in [6.07, 6.45) is 0.709. The zero-order valence-corrected chi connectivity index (χ0v) is 6.74. The quantitative estimate of drug-likeness (QED) is 0.547. The van der Waals surface area contributed by atoms with Crippen molar-refractivity contribution in [3.63, 3.8) is 0 Å². The first kappa shape index (κ1) is 8.64. The zero-order chi connectivity index (χ0) is 8.27. The molecule has 1 fully saturated rings. The van der Waals surface area contributed by atoms with Crippen LogP contribution in [0.25, 0.3) is 0 Å². The number of methoxy groups -OCH3 is 2. The predicted molar refractivity (Wildman–Crippen MR) is 39.4 cm³/mol. The molecule has 1 rings (SSSR count). The summed E-state index contributed by atoms with van der Waals surface area (Å²) in [5.74, 6) is 0. The van der Waals surface area contributed by atoms with Gasteiger partial charge < -0.3 is 19.6 Å². The van der Waals surface area contributed by atoms with Crippen LogP contribution < -0.4 is 5.32 Å². The molecule has 0 bridgehead atoms. The molecule has 0 aromatic carbocycles. The van der Waals surface area contributed by atoms with E-state index in [1.54, 1.807) is 14.2 Å². The summed E-state index contributed by atoms with van der Waals surface area (Å²) in [7, 11) is 3.20. The summed E-state index contributed by atoms with van der Waals surface area (Å²) in [6, 6.07) is -0.218. The van der Waals surface area contributed by atoms with Gasteiger partial charge in [-0.3, -0.25) is 0 Å². The molecule has 1 N–H and O–H groups in total. The lowest BCUT2D eigenvalue weighted by Gasteiger charge is -2.17. The van der Waals surface area contributed by atoms with Gasteiger partial charge in [0.1, 0.15) is 12.4 Å². The second-order valence-corrected chi connectivity index (χ2v) is 2.54. The Kier molecular flexibility index (Phi) is 2.99. The fraction of sp³-hybridized carbons (Fsp3) is 0.857. The van der Waals surface area contributed by atoms with Crippen LogP contribution in [0.1, 0.15) is 0 Å². The van der Waals surface area contributed by atoms with E-state index in [4.69, 9.17) is 9.47 Å². The van der Waals surface area contributed by atoms with Crippen molar-refractivity contribution in [1.29, 1.82) is 0 Å². The number of hydrogen-bond acceptors (Lipinski definition) is 4. The summed E-state index contributed by atoms with van der Waals surface area (Å²) in [5.41, 5.74) is 0. The molecule has 0 radical (unpaired) electrons. The zero-order valence-electron chi connectivity index (χ0n) is 6.74. The van der Waals surface area contributed by atoms with Gasteiger partial charge in [0.05, 0.1) is 12.1 Å². The smallest absolute Gasteiger partial charge is 0.139 e. The Bertz CT molecular complexity index is 140. The van der Waals surface area contributed by atoms with Crippen LogP contribution in [0.15, 0.2) is 0 Å². The van der Waals surface area contributed by atoms with Crippen LogP contribution in [0.5, 0.6) is 0 Å². The first-order valence-corrected chi connectivity index (χ1v) is 3.57. The Balaban J connectivity index is 2.54. The maximum absolute atomic E-state index is 10.4. The van der Waals surface area contributed by atoms with E-state index in [-0.39, 0.29) is 18.2 Å². The van der Waals surface area contributed by atoms with E-state index in [2.05, 4.69) is 5.32 Å². The van der Waals surface area contributed by atoms with Gasteiger partial charge in [0.25, 0.3) is 0 Å². The Morgan fingerprint density at radius 1 is 1.45 bits per heavy atom. The lowest BCUT2D eigenvalue weighted by Crippen LogP contribution is -2.36. The van der Waals surface area contributed by atoms with Crippen LogP contribution >= 0.6 is 0 Å². The van der Waals surface area contributed by atoms with E-state index in [0.29, 0.717) is 6.54 Å². The summed E-state index contributed by atoms with van der Waals surface area (Å²) in [5, 5.41) is 2.99. The van der Waals surface area contributed by atoms with E-state index in [1.807, 2.05) is 0 Å². The van der Waals surface area contributed by atoms with Crippen LogP contribution in [0.4, 0.5) is 0 Å². The Morgan fingerprint density at radius 3 is 2.64 bits per heavy atom. The minimum absolute atomic E-state index is 0.00444. The van der Waals surface area contributed by atoms with Gasteiger partial charge >= 0.3 is 0 Å². The van der Waals surface area contributed by atoms with Crippen LogP contribution in [0.2, 0.25) is 0 Å². The molecule has 4 nitrogen and oxygen atoms in total. The molecule has 1 heterocycles. The fourth-order valence-corrected chi connectivity index (χ4v) is 1.36. The third-order valence-electron chi connectivity index (χ3n) is 2.00. The van der Waals surface area contributed by atoms with Crippen molar-refractivity contribution >= 4 is 6.29 Å². The largest absolute Gasteiger partial charge is 0.377 e. The van der Waals surface area contributed by atoms with Crippen LogP contribution in [-0.4, -0.2) is 45.3 Å². The summed E-state index contributed by atoms with van der Waals surface area (Å²) >= 11 is 0. The molecule has 0 aromatic heterocycles. The molecule has 0 unspecified atom stereocenters. The molecular weight excluding hydrogens is 146 g/mol. The second-order valence-electron chi connectivity index (χ2n) is 2.54. The predicted octanol–water partition coefficient (Wildman–Crippen LogP) is -0.813. The summed E-state index contributed by atoms with van der Waals surface area (Å²) in [6.45, 7) is 0.679. The van der Waals surface area contributed by atoms with E-state index < -0.39 is 0 Å². The maximum atomic E-state index is 10.4. The van der Waals surface area contributed by atoms with Crippen molar-refractivity contribution in [2.45, 2.75) is 18.2 Å². The highest BCUT2D eigenvalue weighted by molar-refractivity contribution is 5.59. The normalized spacial score (nSPS) is 37.5. The summed E-state index contributed by atoms with van der Waals surface area (Å²) < 4.78 is 10.2. The van der Waals surface area contributed by atoms with Crippen molar-refractivity contribution in [2.24, 2.45) is 0 Å². The lowest BCUT2D eigenvalue weighted by molar-refractivity contribution is -0.113. The Morgan fingerprint density at radius 2 is 2.18 bits per heavy atom. The van der Waals surface area contributed by atoms with Gasteiger partial charge in [-0.2, -0.15) is 0 Å². The van der Waals surface area contributed by atoms with Gasteiger partial charge in [-0.25, -0.2) is 0 Å². The minimum Gasteiger partial charge on any atom is -0.377 e. The number of nitrogens with one attached hydrogen (secondary N) is 1. The topological polar surface area (TPSA) is 47.6 Å². The number of carbonyl (C=O) groups excluding carboxylic acids is 1. The third kappa shape index (κ3) is 1.58. The molecule has 1 saturated heterocycles. The molecule has 0 spiro atoms. The Hall–Kier alpha value is -0.450. The fourth-order valence-electron chi connectivity index (χ4n) is 1.36. The molecule has 3 atom stereocenters. The SMILES string of the molecule is CO[C@H]1[C@H](C=O)NC[C@H]1OC. The molecule has 11 heavy (non-hydrogen) atoms. The van der Waals surface area contributed by atoms with E-state index in [0.717, 1.165) is 6.29 Å². The first-order chi connectivity index (χ1) is 5.33. The molecule has 0 amide bonds. The molecule has 1 aliphatic rings. The third-order valence-corrected chi connectivity index (χ3v) is 2.00. The number of hydrogen-bond donors (Lipinski definition) is 1. The van der Waals surface area contributed by atoms with E-state index in [1.165, 1.54) is 0 Å². The van der Waals surface area contributed by atoms with Crippen molar-refractivity contribution in [3.8, 4) is 0 Å². The van der Waals surface area contributed by atoms with Gasteiger partial charge in [0.15, 0.2) is 0 Å². The summed E-state index contributed by atoms with van der Waals surface area (Å²) in [4.78, 5) is 10.4. The van der Waals surface area contributed by atoms with E-state index in [9.17, 15) is 4.79 Å². The number of aldehydes is 1. The molecular formula is C7H13NO3. The van der Waals surface area contributed by atoms with Crippen molar-refractivity contribution in [1.82, 2.24) is 5.32 Å². The van der Waals surface area contributed by atoms with Gasteiger partial charge in [0.2, 0.25) is 0 Å². The number of ether oxygens (including phenoxy) is 2. The molecule has 0 aromatic rings. The Labute approximate surface area is 65.9 Å². The highest BCUT2D eigenvalue weighted by Crippen LogP contribution is 2.12. The molecule has 1 aliphatic heterocycles. The first-order valence-electron chi connectivity index (χ1n) is 3.57. The molecule has 0 aliphatic carbocycles. The van der Waals surface area contributed by atoms with Crippen LogP contribution in [0.3, 0.4) is 0 Å². The van der Waals surface area contributed by atoms with Crippen LogP contribution in [-0.2, 0) is 14.3 Å². The van der Waals surface area contributed by atoms with Crippen molar-refractivity contribution in [2.75, 3.05) is 20.8 Å². The van der Waals surface area contributed by atoms with Gasteiger partial charge in [-0.15, -0.1) is 0 Å². The monoisotopic (exact) mass is 159 g/mol. The number of rotatable bonds is 3. The average Bonchev–Trinajstić information content (AvgIpc) is 2.45.